The van der Waals surface area contributed by atoms with Gasteiger partial charge in [-0.1, -0.05) is 30.3 Å². The summed E-state index contributed by atoms with van der Waals surface area (Å²) in [4.78, 5) is 37.8. The predicted molar refractivity (Wildman–Crippen MR) is 124 cm³/mol. The number of hydrogen-bond acceptors (Lipinski definition) is 5. The molecule has 1 aromatic rings. The van der Waals surface area contributed by atoms with E-state index in [1.807, 2.05) is 4.90 Å². The first-order valence-electron chi connectivity index (χ1n) is 11.6. The van der Waals surface area contributed by atoms with Gasteiger partial charge in [0.05, 0.1) is 18.1 Å². The van der Waals surface area contributed by atoms with Gasteiger partial charge in [-0.3, -0.25) is 15.0 Å². The van der Waals surface area contributed by atoms with Crippen molar-refractivity contribution in [3.05, 3.63) is 35.9 Å². The van der Waals surface area contributed by atoms with Crippen LogP contribution in [0.5, 0.6) is 0 Å². The lowest BCUT2D eigenvalue weighted by Gasteiger charge is -2.48. The Morgan fingerprint density at radius 3 is 2.47 bits per heavy atom. The molecule has 0 aromatic heterocycles. The highest BCUT2D eigenvalue weighted by atomic mass is 16.2. The Bertz CT molecular complexity index is 944. The van der Waals surface area contributed by atoms with E-state index >= 15 is 0 Å². The molecule has 32 heavy (non-hydrogen) atoms. The van der Waals surface area contributed by atoms with E-state index in [4.69, 9.17) is 0 Å². The summed E-state index contributed by atoms with van der Waals surface area (Å²) in [6.07, 6.45) is 7.49. The molecule has 1 atom stereocenters. The zero-order valence-corrected chi connectivity index (χ0v) is 18.9. The molecule has 1 aromatic carbocycles. The van der Waals surface area contributed by atoms with E-state index < -0.39 is 0 Å². The van der Waals surface area contributed by atoms with Gasteiger partial charge in [0.1, 0.15) is 0 Å². The van der Waals surface area contributed by atoms with Crippen LogP contribution >= 0.6 is 0 Å². The van der Waals surface area contributed by atoms with Crippen molar-refractivity contribution in [1.82, 2.24) is 20.4 Å². The van der Waals surface area contributed by atoms with Crippen LogP contribution < -0.4 is 10.6 Å². The molecular formula is C24H32N6O2. The highest BCUT2D eigenvalue weighted by molar-refractivity contribution is 6.03. The zero-order chi connectivity index (χ0) is 22.3. The summed E-state index contributed by atoms with van der Waals surface area (Å²) in [6, 6.07) is 10.5. The third-order valence-corrected chi connectivity index (χ3v) is 7.69. The van der Waals surface area contributed by atoms with Crippen molar-refractivity contribution < 1.29 is 9.59 Å². The van der Waals surface area contributed by atoms with Crippen molar-refractivity contribution in [3.8, 4) is 0 Å². The van der Waals surface area contributed by atoms with Gasteiger partial charge in [-0.15, -0.1) is 0 Å². The molecule has 1 unspecified atom stereocenters. The fourth-order valence-corrected chi connectivity index (χ4v) is 5.40. The largest absolute Gasteiger partial charge is 0.331 e. The Morgan fingerprint density at radius 2 is 1.88 bits per heavy atom. The molecule has 1 saturated heterocycles. The molecule has 0 radical (unpaired) electrons. The van der Waals surface area contributed by atoms with Gasteiger partial charge in [0, 0.05) is 24.2 Å². The molecule has 2 heterocycles. The first-order chi connectivity index (χ1) is 15.4. The van der Waals surface area contributed by atoms with Gasteiger partial charge in [0.2, 0.25) is 11.9 Å². The fraction of sp³-hybridized carbons (Fsp3) is 0.583. The van der Waals surface area contributed by atoms with Gasteiger partial charge in [-0.05, 0) is 58.2 Å². The number of carbonyl (C=O) groups excluding carboxylic acids is 2. The van der Waals surface area contributed by atoms with E-state index in [9.17, 15) is 9.59 Å². The summed E-state index contributed by atoms with van der Waals surface area (Å²) in [5, 5.41) is 6.08. The fourth-order valence-electron chi connectivity index (χ4n) is 5.40. The maximum atomic E-state index is 12.9. The monoisotopic (exact) mass is 436 g/mol. The highest BCUT2D eigenvalue weighted by Crippen LogP contribution is 2.46. The van der Waals surface area contributed by atoms with Crippen LogP contribution in [-0.2, 0) is 10.3 Å². The van der Waals surface area contributed by atoms with Crippen molar-refractivity contribution in [2.75, 3.05) is 27.2 Å². The van der Waals surface area contributed by atoms with Gasteiger partial charge >= 0.3 is 6.03 Å². The van der Waals surface area contributed by atoms with Gasteiger partial charge in [-0.25, -0.2) is 14.8 Å². The van der Waals surface area contributed by atoms with Crippen LogP contribution in [0.25, 0.3) is 0 Å². The number of benzene rings is 1. The minimum Gasteiger partial charge on any atom is -0.331 e. The summed E-state index contributed by atoms with van der Waals surface area (Å²) in [7, 11) is 4.31. The standard InChI is InChI=1S/C24H32N6O2/c1-29(2)24(18-6-4-3-5-7-18)12-10-23(11-13-24)16-30(22(32)28-23)19-14-25-21(26-15-19)27-20(31)17-8-9-17/h3-7,14,17,19H,8-13,15-16H2,1-2H3,(H,28,32)(H,26,27,31)/t19?,23-,24+. The van der Waals surface area contributed by atoms with Crippen LogP contribution in [0, 0.1) is 5.92 Å². The number of carbonyl (C=O) groups is 2. The third-order valence-electron chi connectivity index (χ3n) is 7.69. The van der Waals surface area contributed by atoms with E-state index in [0.717, 1.165) is 38.5 Å². The van der Waals surface area contributed by atoms with Crippen LogP contribution in [-0.4, -0.2) is 72.7 Å². The molecule has 170 valence electrons. The van der Waals surface area contributed by atoms with Crippen molar-refractivity contribution >= 4 is 24.1 Å². The Hall–Kier alpha value is -2.74. The summed E-state index contributed by atoms with van der Waals surface area (Å²) in [5.41, 5.74) is 1.13. The molecule has 2 N–H and O–H groups in total. The van der Waals surface area contributed by atoms with Gasteiger partial charge in [0.15, 0.2) is 0 Å². The Morgan fingerprint density at radius 1 is 1.16 bits per heavy atom. The van der Waals surface area contributed by atoms with E-state index in [-0.39, 0.29) is 35.0 Å². The number of amides is 3. The van der Waals surface area contributed by atoms with Crippen LogP contribution in [0.1, 0.15) is 44.1 Å². The quantitative estimate of drug-likeness (QED) is 0.758. The van der Waals surface area contributed by atoms with E-state index in [0.29, 0.717) is 19.0 Å². The number of nitrogens with one attached hydrogen (secondary N) is 2. The minimum atomic E-state index is -0.205. The molecule has 8 heteroatoms. The van der Waals surface area contributed by atoms with Gasteiger partial charge < -0.3 is 10.2 Å². The smallest absolute Gasteiger partial charge is 0.318 e. The number of rotatable bonds is 4. The maximum absolute atomic E-state index is 12.9. The molecule has 2 aliphatic heterocycles. The lowest BCUT2D eigenvalue weighted by atomic mass is 9.69. The molecule has 1 spiro atoms. The molecule has 0 bridgehead atoms. The summed E-state index contributed by atoms with van der Waals surface area (Å²) < 4.78 is 0. The van der Waals surface area contributed by atoms with Gasteiger partial charge in [0.25, 0.3) is 0 Å². The molecule has 5 rings (SSSR count). The summed E-state index contributed by atoms with van der Waals surface area (Å²) in [6.45, 7) is 1.10. The second-order valence-electron chi connectivity index (χ2n) is 9.90. The maximum Gasteiger partial charge on any atom is 0.318 e. The molecular weight excluding hydrogens is 404 g/mol. The molecule has 4 aliphatic rings. The molecule has 8 nitrogen and oxygen atoms in total. The third kappa shape index (κ3) is 3.81. The first-order valence-corrected chi connectivity index (χ1v) is 11.6. The van der Waals surface area contributed by atoms with Crippen molar-refractivity contribution in [2.24, 2.45) is 15.9 Å². The van der Waals surface area contributed by atoms with Crippen molar-refractivity contribution in [1.29, 1.82) is 0 Å². The van der Waals surface area contributed by atoms with E-state index in [1.54, 1.807) is 6.21 Å². The Kier molecular flexibility index (Phi) is 5.28. The lowest BCUT2D eigenvalue weighted by molar-refractivity contribution is -0.120. The zero-order valence-electron chi connectivity index (χ0n) is 18.9. The molecule has 3 amide bonds. The second-order valence-corrected chi connectivity index (χ2v) is 9.90. The number of guanidine groups is 1. The minimum absolute atomic E-state index is 0.00205. The lowest BCUT2D eigenvalue weighted by Crippen LogP contribution is -2.54. The molecule has 2 aliphatic carbocycles. The van der Waals surface area contributed by atoms with Crippen molar-refractivity contribution in [3.63, 3.8) is 0 Å². The highest BCUT2D eigenvalue weighted by Gasteiger charge is 2.51. The second kappa shape index (κ2) is 7.99. The number of urea groups is 1. The Labute approximate surface area is 189 Å². The summed E-state index contributed by atoms with van der Waals surface area (Å²) >= 11 is 0. The average molecular weight is 437 g/mol. The van der Waals surface area contributed by atoms with Crippen LogP contribution in [0.4, 0.5) is 4.79 Å². The van der Waals surface area contributed by atoms with Crippen LogP contribution in [0.15, 0.2) is 40.3 Å². The van der Waals surface area contributed by atoms with Crippen LogP contribution in [0.3, 0.4) is 0 Å². The SMILES string of the molecule is CN(C)[C@]1(c2ccccc2)CC[C@]2(CC1)CN(C1C=NC(NC(=O)C3CC3)=NC1)C(=O)N2. The van der Waals surface area contributed by atoms with Crippen LogP contribution in [0.2, 0.25) is 0 Å². The predicted octanol–water partition coefficient (Wildman–Crippen LogP) is 2.12. The van der Waals surface area contributed by atoms with Gasteiger partial charge in [-0.2, -0.15) is 0 Å². The molecule has 3 fully saturated rings. The number of aliphatic imine (C=N–C) groups is 2. The Balaban J connectivity index is 1.23. The van der Waals surface area contributed by atoms with E-state index in [1.165, 1.54) is 5.56 Å². The molecule has 2 saturated carbocycles. The topological polar surface area (TPSA) is 89.4 Å². The number of nitrogens with zero attached hydrogens (tertiary/aromatic N) is 4. The first kappa shape index (κ1) is 21.1. The van der Waals surface area contributed by atoms with E-state index in [2.05, 4.69) is 69.9 Å². The summed E-state index contributed by atoms with van der Waals surface area (Å²) in [5.74, 6) is 0.484. The number of hydrogen-bond donors (Lipinski definition) is 2. The van der Waals surface area contributed by atoms with Crippen molar-refractivity contribution in [2.45, 2.75) is 55.6 Å². The normalized spacial score (nSPS) is 32.2. The average Bonchev–Trinajstić information content (AvgIpc) is 3.60.